The monoisotopic (exact) mass is 344 g/mol. The fourth-order valence-electron chi connectivity index (χ4n) is 3.58. The van der Waals surface area contributed by atoms with Crippen LogP contribution in [0.3, 0.4) is 0 Å². The maximum absolute atomic E-state index is 12.9. The van der Waals surface area contributed by atoms with Crippen LogP contribution in [0.15, 0.2) is 24.3 Å². The predicted molar refractivity (Wildman–Crippen MR) is 96.1 cm³/mol. The highest BCUT2D eigenvalue weighted by Gasteiger charge is 2.32. The Morgan fingerprint density at radius 2 is 1.64 bits per heavy atom. The Bertz CT molecular complexity index is 643. The molecular weight excluding hydrogens is 316 g/mol. The molecule has 0 saturated carbocycles. The molecule has 1 saturated heterocycles. The molecule has 0 aromatic heterocycles. The lowest BCUT2D eigenvalue weighted by Gasteiger charge is -2.36. The number of piperidine rings is 1. The second kappa shape index (κ2) is 7.06. The molecule has 5 heteroatoms. The Balaban J connectivity index is 1.53. The summed E-state index contributed by atoms with van der Waals surface area (Å²) in [5, 5.41) is 0. The SMILES string of the molecule is CC(C)(C)OC(=O)N1CCC(C(=O)N2CCc3ccccc3C2)CC1. The van der Waals surface area contributed by atoms with Crippen LogP contribution < -0.4 is 0 Å². The van der Waals surface area contributed by atoms with Gasteiger partial charge in [-0.3, -0.25) is 4.79 Å². The molecule has 1 aromatic rings. The Kier molecular flexibility index (Phi) is 5.02. The van der Waals surface area contributed by atoms with E-state index in [2.05, 4.69) is 18.2 Å². The van der Waals surface area contributed by atoms with Gasteiger partial charge in [0.15, 0.2) is 0 Å². The van der Waals surface area contributed by atoms with Crippen molar-refractivity contribution < 1.29 is 14.3 Å². The number of benzene rings is 1. The molecule has 0 atom stereocenters. The standard InChI is InChI=1S/C20H28N2O3/c1-20(2,3)25-19(24)21-11-9-16(10-12-21)18(23)22-13-8-15-6-4-5-7-17(15)14-22/h4-7,16H,8-14H2,1-3H3. The van der Waals surface area contributed by atoms with Crippen molar-refractivity contribution in [2.24, 2.45) is 5.92 Å². The summed E-state index contributed by atoms with van der Waals surface area (Å²) in [6, 6.07) is 8.35. The smallest absolute Gasteiger partial charge is 0.410 e. The van der Waals surface area contributed by atoms with Gasteiger partial charge in [-0.15, -0.1) is 0 Å². The van der Waals surface area contributed by atoms with Crippen molar-refractivity contribution in [3.63, 3.8) is 0 Å². The third-order valence-electron chi connectivity index (χ3n) is 4.94. The lowest BCUT2D eigenvalue weighted by Crippen LogP contribution is -2.46. The molecule has 2 amide bonds. The maximum atomic E-state index is 12.9. The number of fused-ring (bicyclic) bond motifs is 1. The molecule has 0 radical (unpaired) electrons. The average molecular weight is 344 g/mol. The number of hydrogen-bond acceptors (Lipinski definition) is 3. The number of likely N-dealkylation sites (tertiary alicyclic amines) is 1. The highest BCUT2D eigenvalue weighted by Crippen LogP contribution is 2.25. The van der Waals surface area contributed by atoms with E-state index < -0.39 is 5.60 Å². The lowest BCUT2D eigenvalue weighted by molar-refractivity contribution is -0.138. The molecule has 25 heavy (non-hydrogen) atoms. The summed E-state index contributed by atoms with van der Waals surface area (Å²) in [4.78, 5) is 28.7. The van der Waals surface area contributed by atoms with E-state index >= 15 is 0 Å². The van der Waals surface area contributed by atoms with E-state index in [-0.39, 0.29) is 17.9 Å². The van der Waals surface area contributed by atoms with Crippen molar-refractivity contribution in [3.8, 4) is 0 Å². The second-order valence-electron chi connectivity index (χ2n) is 8.02. The lowest BCUT2D eigenvalue weighted by atomic mass is 9.93. The maximum Gasteiger partial charge on any atom is 0.410 e. The number of rotatable bonds is 1. The van der Waals surface area contributed by atoms with Crippen LogP contribution in [0, 0.1) is 5.92 Å². The molecule has 2 aliphatic rings. The van der Waals surface area contributed by atoms with Crippen molar-refractivity contribution in [2.45, 2.75) is 52.2 Å². The van der Waals surface area contributed by atoms with Crippen LogP contribution in [0.5, 0.6) is 0 Å². The summed E-state index contributed by atoms with van der Waals surface area (Å²) < 4.78 is 5.42. The number of hydrogen-bond donors (Lipinski definition) is 0. The first kappa shape index (κ1) is 17.8. The van der Waals surface area contributed by atoms with Crippen molar-refractivity contribution in [3.05, 3.63) is 35.4 Å². The van der Waals surface area contributed by atoms with Gasteiger partial charge >= 0.3 is 6.09 Å². The van der Waals surface area contributed by atoms with Crippen LogP contribution in [0.4, 0.5) is 4.79 Å². The summed E-state index contributed by atoms with van der Waals surface area (Å²) in [5.74, 6) is 0.252. The van der Waals surface area contributed by atoms with Crippen LogP contribution >= 0.6 is 0 Å². The third kappa shape index (κ3) is 4.33. The fourth-order valence-corrected chi connectivity index (χ4v) is 3.58. The molecule has 1 fully saturated rings. The molecule has 0 aliphatic carbocycles. The zero-order valence-electron chi connectivity index (χ0n) is 15.5. The minimum absolute atomic E-state index is 0.0175. The van der Waals surface area contributed by atoms with Gasteiger partial charge in [-0.1, -0.05) is 24.3 Å². The molecule has 136 valence electrons. The highest BCUT2D eigenvalue weighted by atomic mass is 16.6. The number of ether oxygens (including phenoxy) is 1. The van der Waals surface area contributed by atoms with Gasteiger partial charge in [0.2, 0.25) is 5.91 Å². The Morgan fingerprint density at radius 3 is 2.28 bits per heavy atom. The van der Waals surface area contributed by atoms with Crippen molar-refractivity contribution >= 4 is 12.0 Å². The second-order valence-corrected chi connectivity index (χ2v) is 8.02. The summed E-state index contributed by atoms with van der Waals surface area (Å²) in [7, 11) is 0. The first-order valence-corrected chi connectivity index (χ1v) is 9.17. The number of nitrogens with zero attached hydrogens (tertiary/aromatic N) is 2. The first-order chi connectivity index (χ1) is 11.8. The van der Waals surface area contributed by atoms with Crippen molar-refractivity contribution in [1.29, 1.82) is 0 Å². The Morgan fingerprint density at radius 1 is 1.00 bits per heavy atom. The van der Waals surface area contributed by atoms with E-state index in [1.165, 1.54) is 11.1 Å². The van der Waals surface area contributed by atoms with E-state index in [1.807, 2.05) is 31.7 Å². The Hall–Kier alpha value is -2.04. The van der Waals surface area contributed by atoms with Gasteiger partial charge in [0.1, 0.15) is 5.60 Å². The van der Waals surface area contributed by atoms with Gasteiger partial charge in [-0.2, -0.15) is 0 Å². The number of amides is 2. The minimum atomic E-state index is -0.481. The molecule has 0 N–H and O–H groups in total. The van der Waals surface area contributed by atoms with Crippen molar-refractivity contribution in [1.82, 2.24) is 9.80 Å². The van der Waals surface area contributed by atoms with Crippen LogP contribution in [0.2, 0.25) is 0 Å². The van der Waals surface area contributed by atoms with E-state index in [1.54, 1.807) is 4.90 Å². The van der Waals surface area contributed by atoms with Gasteiger partial charge in [-0.25, -0.2) is 4.79 Å². The zero-order valence-corrected chi connectivity index (χ0v) is 15.5. The van der Waals surface area contributed by atoms with E-state index in [9.17, 15) is 9.59 Å². The third-order valence-corrected chi connectivity index (χ3v) is 4.94. The predicted octanol–water partition coefficient (Wildman–Crippen LogP) is 3.22. The van der Waals surface area contributed by atoms with Gasteiger partial charge in [0.25, 0.3) is 0 Å². The number of carbonyl (C=O) groups excluding carboxylic acids is 2. The topological polar surface area (TPSA) is 49.9 Å². The van der Waals surface area contributed by atoms with Crippen LogP contribution in [-0.2, 0) is 22.5 Å². The Labute approximate surface area is 149 Å². The van der Waals surface area contributed by atoms with Crippen LogP contribution in [0.1, 0.15) is 44.7 Å². The van der Waals surface area contributed by atoms with E-state index in [4.69, 9.17) is 4.74 Å². The van der Waals surface area contributed by atoms with Gasteiger partial charge in [0, 0.05) is 32.1 Å². The van der Waals surface area contributed by atoms with E-state index in [0.717, 1.165) is 25.8 Å². The normalized spacial score (nSPS) is 18.7. The van der Waals surface area contributed by atoms with Gasteiger partial charge < -0.3 is 14.5 Å². The molecule has 2 aliphatic heterocycles. The summed E-state index contributed by atoms with van der Waals surface area (Å²) in [6.45, 7) is 8.30. The molecule has 5 nitrogen and oxygen atoms in total. The number of carbonyl (C=O) groups is 2. The minimum Gasteiger partial charge on any atom is -0.444 e. The average Bonchev–Trinajstić information content (AvgIpc) is 2.59. The summed E-state index contributed by atoms with van der Waals surface area (Å²) in [6.07, 6.45) is 2.09. The fraction of sp³-hybridized carbons (Fsp3) is 0.600. The highest BCUT2D eigenvalue weighted by molar-refractivity contribution is 5.79. The first-order valence-electron chi connectivity index (χ1n) is 9.17. The molecule has 0 bridgehead atoms. The zero-order chi connectivity index (χ0) is 18.0. The van der Waals surface area contributed by atoms with Gasteiger partial charge in [-0.05, 0) is 51.2 Å². The molecule has 3 rings (SSSR count). The molecule has 1 aromatic carbocycles. The largest absolute Gasteiger partial charge is 0.444 e. The van der Waals surface area contributed by atoms with Gasteiger partial charge in [0.05, 0.1) is 0 Å². The van der Waals surface area contributed by atoms with Crippen LogP contribution in [-0.4, -0.2) is 47.0 Å². The van der Waals surface area contributed by atoms with E-state index in [0.29, 0.717) is 19.6 Å². The summed E-state index contributed by atoms with van der Waals surface area (Å²) >= 11 is 0. The quantitative estimate of drug-likeness (QED) is 0.786. The van der Waals surface area contributed by atoms with Crippen LogP contribution in [0.25, 0.3) is 0 Å². The van der Waals surface area contributed by atoms with Crippen molar-refractivity contribution in [2.75, 3.05) is 19.6 Å². The molecule has 0 spiro atoms. The molecule has 0 unspecified atom stereocenters. The molecule has 2 heterocycles. The molecular formula is C20H28N2O3. The summed E-state index contributed by atoms with van der Waals surface area (Å²) in [5.41, 5.74) is 2.13.